The van der Waals surface area contributed by atoms with Gasteiger partial charge < -0.3 is 14.8 Å². The van der Waals surface area contributed by atoms with Crippen molar-refractivity contribution in [1.29, 1.82) is 0 Å². The fourth-order valence-electron chi connectivity index (χ4n) is 2.54. The Hall–Kier alpha value is -1.66. The van der Waals surface area contributed by atoms with Crippen molar-refractivity contribution in [3.05, 3.63) is 34.4 Å². The van der Waals surface area contributed by atoms with Crippen molar-refractivity contribution in [2.24, 2.45) is 0 Å². The summed E-state index contributed by atoms with van der Waals surface area (Å²) in [4.78, 5) is 16.6. The van der Waals surface area contributed by atoms with Gasteiger partial charge in [-0.25, -0.2) is 4.79 Å². The smallest absolute Gasteiger partial charge is 0.341 e. The fraction of sp³-hybridized carbons (Fsp3) is 0.375. The Balaban J connectivity index is 2.09. The van der Waals surface area contributed by atoms with Crippen LogP contribution in [-0.4, -0.2) is 36.8 Å². The van der Waals surface area contributed by atoms with Crippen molar-refractivity contribution < 1.29 is 14.3 Å². The first-order valence-corrected chi connectivity index (χ1v) is 8.08. The number of hydrogen-bond donors (Lipinski definition) is 1. The monoisotopic (exact) mass is 364 g/mol. The van der Waals surface area contributed by atoms with E-state index >= 15 is 0 Å². The second-order valence-electron chi connectivity index (χ2n) is 5.13. The van der Waals surface area contributed by atoms with Crippen LogP contribution in [0.5, 0.6) is 0 Å². The van der Waals surface area contributed by atoms with Crippen LogP contribution in [0.3, 0.4) is 0 Å². The minimum absolute atomic E-state index is 0.192. The van der Waals surface area contributed by atoms with Crippen LogP contribution in [-0.2, 0) is 9.47 Å². The molecule has 6 heteroatoms. The number of esters is 1. The van der Waals surface area contributed by atoms with Crippen molar-refractivity contribution in [3.8, 4) is 0 Å². The molecule has 1 saturated heterocycles. The van der Waals surface area contributed by atoms with Crippen LogP contribution in [0, 0.1) is 0 Å². The van der Waals surface area contributed by atoms with Gasteiger partial charge in [0.25, 0.3) is 0 Å². The number of ether oxygens (including phenoxy) is 2. The van der Waals surface area contributed by atoms with Gasteiger partial charge >= 0.3 is 5.97 Å². The van der Waals surface area contributed by atoms with Crippen LogP contribution in [0.15, 0.2) is 28.9 Å². The number of nitrogens with one attached hydrogen (secondary N) is 1. The molecule has 0 spiro atoms. The van der Waals surface area contributed by atoms with Crippen LogP contribution in [0.1, 0.15) is 23.7 Å². The summed E-state index contributed by atoms with van der Waals surface area (Å²) in [5, 5.41) is 4.33. The lowest BCUT2D eigenvalue weighted by atomic mass is 10.1. The number of nitrogens with zero attached hydrogens (tertiary/aromatic N) is 1. The maximum absolute atomic E-state index is 12.2. The van der Waals surface area contributed by atoms with E-state index in [9.17, 15) is 4.79 Å². The lowest BCUT2D eigenvalue weighted by Gasteiger charge is -2.17. The summed E-state index contributed by atoms with van der Waals surface area (Å²) < 4.78 is 11.5. The number of carbonyl (C=O) groups is 1. The third kappa shape index (κ3) is 3.08. The number of benzene rings is 1. The quantitative estimate of drug-likeness (QED) is 0.842. The summed E-state index contributed by atoms with van der Waals surface area (Å²) in [7, 11) is 0. The highest BCUT2D eigenvalue weighted by Gasteiger charge is 2.22. The molecule has 1 N–H and O–H groups in total. The molecule has 1 fully saturated rings. The molecular weight excluding hydrogens is 348 g/mol. The lowest BCUT2D eigenvalue weighted by Crippen LogP contribution is -2.21. The number of halogens is 1. The number of hydrogen-bond acceptors (Lipinski definition) is 5. The molecule has 0 unspecified atom stereocenters. The van der Waals surface area contributed by atoms with E-state index < -0.39 is 0 Å². The second-order valence-corrected chi connectivity index (χ2v) is 6.05. The molecule has 1 atom stereocenters. The number of aromatic nitrogens is 1. The SMILES string of the molecule is CCOC(=O)c1cnc2ccc(Br)cc2c1N[C@@H]1CCOC1. The minimum atomic E-state index is -0.363. The normalized spacial score (nSPS) is 17.6. The number of carbonyl (C=O) groups excluding carboxylic acids is 1. The van der Waals surface area contributed by atoms with E-state index in [1.807, 2.05) is 18.2 Å². The molecule has 2 aromatic rings. The van der Waals surface area contributed by atoms with Gasteiger partial charge in [-0.2, -0.15) is 0 Å². The zero-order valence-corrected chi connectivity index (χ0v) is 13.9. The van der Waals surface area contributed by atoms with E-state index in [0.717, 1.165) is 34.1 Å². The average Bonchev–Trinajstić information content (AvgIpc) is 3.01. The van der Waals surface area contributed by atoms with Gasteiger partial charge in [0.1, 0.15) is 5.56 Å². The zero-order chi connectivity index (χ0) is 15.5. The van der Waals surface area contributed by atoms with Gasteiger partial charge in [0, 0.05) is 22.7 Å². The third-order valence-electron chi connectivity index (χ3n) is 3.60. The zero-order valence-electron chi connectivity index (χ0n) is 12.3. The van der Waals surface area contributed by atoms with Gasteiger partial charge in [0.05, 0.1) is 30.5 Å². The molecule has 1 aliphatic rings. The van der Waals surface area contributed by atoms with Crippen molar-refractivity contribution >= 4 is 38.5 Å². The van der Waals surface area contributed by atoms with Gasteiger partial charge in [0.2, 0.25) is 0 Å². The van der Waals surface area contributed by atoms with Crippen molar-refractivity contribution in [3.63, 3.8) is 0 Å². The summed E-state index contributed by atoms with van der Waals surface area (Å²) >= 11 is 3.48. The summed E-state index contributed by atoms with van der Waals surface area (Å²) in [5.74, 6) is -0.363. The first kappa shape index (κ1) is 15.2. The van der Waals surface area contributed by atoms with Gasteiger partial charge in [-0.1, -0.05) is 15.9 Å². The summed E-state index contributed by atoms with van der Waals surface area (Å²) in [6.45, 7) is 3.50. The molecule has 2 heterocycles. The van der Waals surface area contributed by atoms with Crippen molar-refractivity contribution in [2.45, 2.75) is 19.4 Å². The number of pyridine rings is 1. The summed E-state index contributed by atoms with van der Waals surface area (Å²) in [5.41, 5.74) is 2.05. The Bertz CT molecular complexity index is 699. The molecule has 0 aliphatic carbocycles. The topological polar surface area (TPSA) is 60.5 Å². The van der Waals surface area contributed by atoms with Crippen LogP contribution in [0.2, 0.25) is 0 Å². The molecular formula is C16H17BrN2O3. The number of rotatable bonds is 4. The largest absolute Gasteiger partial charge is 0.462 e. The Labute approximate surface area is 137 Å². The fourth-order valence-corrected chi connectivity index (χ4v) is 2.90. The van der Waals surface area contributed by atoms with Crippen LogP contribution < -0.4 is 5.32 Å². The van der Waals surface area contributed by atoms with E-state index in [-0.39, 0.29) is 12.0 Å². The Morgan fingerprint density at radius 1 is 1.55 bits per heavy atom. The van der Waals surface area contributed by atoms with Crippen LogP contribution >= 0.6 is 15.9 Å². The second kappa shape index (κ2) is 6.62. The van der Waals surface area contributed by atoms with E-state index in [1.165, 1.54) is 0 Å². The molecule has 0 saturated carbocycles. The minimum Gasteiger partial charge on any atom is -0.462 e. The first-order chi connectivity index (χ1) is 10.7. The predicted octanol–water partition coefficient (Wildman–Crippen LogP) is 3.37. The Morgan fingerprint density at radius 2 is 2.41 bits per heavy atom. The highest BCUT2D eigenvalue weighted by atomic mass is 79.9. The average molecular weight is 365 g/mol. The molecule has 1 aliphatic heterocycles. The molecule has 0 radical (unpaired) electrons. The van der Waals surface area contributed by atoms with E-state index in [1.54, 1.807) is 13.1 Å². The maximum Gasteiger partial charge on any atom is 0.341 e. The molecule has 3 rings (SSSR count). The van der Waals surface area contributed by atoms with E-state index in [4.69, 9.17) is 9.47 Å². The van der Waals surface area contributed by atoms with E-state index in [0.29, 0.717) is 18.8 Å². The molecule has 22 heavy (non-hydrogen) atoms. The van der Waals surface area contributed by atoms with E-state index in [2.05, 4.69) is 26.2 Å². The van der Waals surface area contributed by atoms with Gasteiger partial charge in [-0.15, -0.1) is 0 Å². The molecule has 0 bridgehead atoms. The summed E-state index contributed by atoms with van der Waals surface area (Å²) in [6, 6.07) is 6.01. The van der Waals surface area contributed by atoms with Crippen molar-refractivity contribution in [2.75, 3.05) is 25.1 Å². The Morgan fingerprint density at radius 3 is 3.14 bits per heavy atom. The van der Waals surface area contributed by atoms with Gasteiger partial charge in [0.15, 0.2) is 0 Å². The predicted molar refractivity (Wildman–Crippen MR) is 88.2 cm³/mol. The third-order valence-corrected chi connectivity index (χ3v) is 4.10. The maximum atomic E-state index is 12.2. The molecule has 1 aromatic carbocycles. The standard InChI is InChI=1S/C16H17BrN2O3/c1-2-22-16(20)13-8-18-14-4-3-10(17)7-12(14)15(13)19-11-5-6-21-9-11/h3-4,7-8,11H,2,5-6,9H2,1H3,(H,18,19)/t11-/m1/s1. The highest BCUT2D eigenvalue weighted by molar-refractivity contribution is 9.10. The molecule has 5 nitrogen and oxygen atoms in total. The lowest BCUT2D eigenvalue weighted by molar-refractivity contribution is 0.0527. The van der Waals surface area contributed by atoms with Crippen molar-refractivity contribution in [1.82, 2.24) is 4.98 Å². The molecule has 116 valence electrons. The number of fused-ring (bicyclic) bond motifs is 1. The van der Waals surface area contributed by atoms with Crippen LogP contribution in [0.25, 0.3) is 10.9 Å². The first-order valence-electron chi connectivity index (χ1n) is 7.28. The number of anilines is 1. The molecule has 0 amide bonds. The van der Waals surface area contributed by atoms with Gasteiger partial charge in [-0.3, -0.25) is 4.98 Å². The Kier molecular flexibility index (Phi) is 4.59. The van der Waals surface area contributed by atoms with Gasteiger partial charge in [-0.05, 0) is 31.5 Å². The summed E-state index contributed by atoms with van der Waals surface area (Å²) in [6.07, 6.45) is 2.49. The highest BCUT2D eigenvalue weighted by Crippen LogP contribution is 2.30. The molecule has 1 aromatic heterocycles. The van der Waals surface area contributed by atoms with Crippen LogP contribution in [0.4, 0.5) is 5.69 Å².